The first-order valence-electron chi connectivity index (χ1n) is 8.29. The smallest absolute Gasteiger partial charge is 0.226 e. The fraction of sp³-hybridized carbons (Fsp3) is 0.200. The molecule has 0 fully saturated rings. The summed E-state index contributed by atoms with van der Waals surface area (Å²) in [7, 11) is 0. The van der Waals surface area contributed by atoms with Gasteiger partial charge in [0.25, 0.3) is 0 Å². The Bertz CT molecular complexity index is 935. The highest BCUT2D eigenvalue weighted by molar-refractivity contribution is 7.14. The Morgan fingerprint density at radius 3 is 2.69 bits per heavy atom. The molecule has 0 unspecified atom stereocenters. The van der Waals surface area contributed by atoms with Crippen molar-refractivity contribution in [2.24, 2.45) is 0 Å². The van der Waals surface area contributed by atoms with Crippen LogP contribution >= 0.6 is 11.3 Å². The van der Waals surface area contributed by atoms with Crippen LogP contribution in [-0.4, -0.2) is 21.7 Å². The van der Waals surface area contributed by atoms with E-state index in [9.17, 15) is 9.59 Å². The molecule has 26 heavy (non-hydrogen) atoms. The molecule has 0 aliphatic carbocycles. The number of pyridine rings is 1. The van der Waals surface area contributed by atoms with Gasteiger partial charge in [-0.1, -0.05) is 12.1 Å². The van der Waals surface area contributed by atoms with Gasteiger partial charge in [0.15, 0.2) is 10.9 Å². The average Bonchev–Trinajstić information content (AvgIpc) is 3.11. The van der Waals surface area contributed by atoms with Crippen molar-refractivity contribution in [3.8, 4) is 11.3 Å². The van der Waals surface area contributed by atoms with E-state index < -0.39 is 0 Å². The molecule has 3 rings (SSSR count). The van der Waals surface area contributed by atoms with Crippen LogP contribution < -0.4 is 5.32 Å². The molecule has 0 bridgehead atoms. The van der Waals surface area contributed by atoms with Gasteiger partial charge in [0.1, 0.15) is 0 Å². The summed E-state index contributed by atoms with van der Waals surface area (Å²) in [6, 6.07) is 9.36. The highest BCUT2D eigenvalue weighted by Gasteiger charge is 2.12. The van der Waals surface area contributed by atoms with E-state index in [1.54, 1.807) is 12.4 Å². The van der Waals surface area contributed by atoms with Crippen LogP contribution in [-0.2, 0) is 4.79 Å². The highest BCUT2D eigenvalue weighted by Crippen LogP contribution is 2.24. The van der Waals surface area contributed by atoms with E-state index in [2.05, 4.69) is 15.3 Å². The maximum atomic E-state index is 12.3. The first-order chi connectivity index (χ1) is 12.5. The fourth-order valence-corrected chi connectivity index (χ4v) is 3.18. The molecule has 0 radical (unpaired) electrons. The van der Waals surface area contributed by atoms with Crippen LogP contribution in [0.1, 0.15) is 34.3 Å². The molecule has 1 aromatic carbocycles. The molecular formula is C20H19N3O2S. The highest BCUT2D eigenvalue weighted by atomic mass is 32.1. The molecular weight excluding hydrogens is 346 g/mol. The van der Waals surface area contributed by atoms with Crippen LogP contribution in [0.4, 0.5) is 5.13 Å². The Morgan fingerprint density at radius 1 is 1.12 bits per heavy atom. The largest absolute Gasteiger partial charge is 0.302 e. The van der Waals surface area contributed by atoms with E-state index >= 15 is 0 Å². The summed E-state index contributed by atoms with van der Waals surface area (Å²) in [5.74, 6) is -0.243. The number of nitrogens with zero attached hydrogens (tertiary/aromatic N) is 2. The van der Waals surface area contributed by atoms with Gasteiger partial charge in [-0.05, 0) is 43.2 Å². The summed E-state index contributed by atoms with van der Waals surface area (Å²) in [5, 5.41) is 5.14. The van der Waals surface area contributed by atoms with Gasteiger partial charge in [0.05, 0.1) is 5.69 Å². The Hall–Kier alpha value is -2.86. The molecule has 0 aliphatic rings. The monoisotopic (exact) mass is 365 g/mol. The van der Waals surface area contributed by atoms with Crippen molar-refractivity contribution in [1.82, 2.24) is 9.97 Å². The second-order valence-electron chi connectivity index (χ2n) is 6.05. The van der Waals surface area contributed by atoms with Gasteiger partial charge in [0.2, 0.25) is 5.91 Å². The molecule has 1 N–H and O–H groups in total. The normalized spacial score (nSPS) is 10.5. The van der Waals surface area contributed by atoms with Gasteiger partial charge in [-0.15, -0.1) is 11.3 Å². The van der Waals surface area contributed by atoms with Gasteiger partial charge in [-0.2, -0.15) is 0 Å². The van der Waals surface area contributed by atoms with Crippen molar-refractivity contribution in [3.63, 3.8) is 0 Å². The lowest BCUT2D eigenvalue weighted by molar-refractivity contribution is -0.116. The number of Topliss-reactive ketones (excluding diaryl/α,β-unsaturated/α-hetero) is 1. The average molecular weight is 365 g/mol. The van der Waals surface area contributed by atoms with E-state index in [0.29, 0.717) is 10.7 Å². The van der Waals surface area contributed by atoms with E-state index in [4.69, 9.17) is 0 Å². The van der Waals surface area contributed by atoms with Gasteiger partial charge in [-0.25, -0.2) is 4.98 Å². The lowest BCUT2D eigenvalue weighted by atomic mass is 10.0. The molecule has 0 saturated heterocycles. The first-order valence-corrected chi connectivity index (χ1v) is 9.17. The molecule has 6 heteroatoms. The maximum absolute atomic E-state index is 12.3. The van der Waals surface area contributed by atoms with Gasteiger partial charge in [0, 0.05) is 41.7 Å². The molecule has 3 aromatic rings. The van der Waals surface area contributed by atoms with Crippen molar-refractivity contribution in [2.45, 2.75) is 26.7 Å². The number of hydrogen-bond donors (Lipinski definition) is 1. The van der Waals surface area contributed by atoms with Crippen LogP contribution in [0.2, 0.25) is 0 Å². The quantitative estimate of drug-likeness (QED) is 0.656. The lowest BCUT2D eigenvalue weighted by Gasteiger charge is -2.05. The van der Waals surface area contributed by atoms with Crippen LogP contribution in [0, 0.1) is 13.8 Å². The van der Waals surface area contributed by atoms with Crippen molar-refractivity contribution < 1.29 is 9.59 Å². The summed E-state index contributed by atoms with van der Waals surface area (Å²) in [5.41, 5.74) is 4.53. The molecule has 0 saturated carbocycles. The van der Waals surface area contributed by atoms with Gasteiger partial charge in [-0.3, -0.25) is 14.6 Å². The molecule has 2 heterocycles. The van der Waals surface area contributed by atoms with E-state index in [-0.39, 0.29) is 24.5 Å². The molecule has 2 aromatic heterocycles. The van der Waals surface area contributed by atoms with Crippen LogP contribution in [0.5, 0.6) is 0 Å². The number of ketones is 1. The Labute approximate surface area is 156 Å². The van der Waals surface area contributed by atoms with E-state index in [0.717, 1.165) is 22.4 Å². The van der Waals surface area contributed by atoms with Crippen molar-refractivity contribution >= 4 is 28.2 Å². The topological polar surface area (TPSA) is 72.0 Å². The molecule has 0 aliphatic heterocycles. The number of hydrogen-bond acceptors (Lipinski definition) is 5. The molecule has 5 nitrogen and oxygen atoms in total. The Morgan fingerprint density at radius 2 is 1.96 bits per heavy atom. The summed E-state index contributed by atoms with van der Waals surface area (Å²) < 4.78 is 0. The third-order valence-corrected chi connectivity index (χ3v) is 4.87. The zero-order chi connectivity index (χ0) is 18.5. The minimum absolute atomic E-state index is 0.0292. The minimum atomic E-state index is -0.214. The summed E-state index contributed by atoms with van der Waals surface area (Å²) in [4.78, 5) is 32.8. The number of carbonyl (C=O) groups excluding carboxylic acids is 2. The predicted octanol–water partition coefficient (Wildman–Crippen LogP) is 4.42. The molecule has 132 valence electrons. The van der Waals surface area contributed by atoms with Crippen molar-refractivity contribution in [1.29, 1.82) is 0 Å². The second kappa shape index (κ2) is 8.01. The van der Waals surface area contributed by atoms with Crippen LogP contribution in [0.25, 0.3) is 11.3 Å². The minimum Gasteiger partial charge on any atom is -0.302 e. The second-order valence-corrected chi connectivity index (χ2v) is 6.91. The third-order valence-electron chi connectivity index (χ3n) is 4.12. The molecule has 0 spiro atoms. The predicted molar refractivity (Wildman–Crippen MR) is 103 cm³/mol. The third kappa shape index (κ3) is 4.40. The van der Waals surface area contributed by atoms with Crippen molar-refractivity contribution in [3.05, 3.63) is 64.8 Å². The summed E-state index contributed by atoms with van der Waals surface area (Å²) in [6.45, 7) is 3.98. The first kappa shape index (κ1) is 17.9. The molecule has 0 atom stereocenters. The van der Waals surface area contributed by atoms with Gasteiger partial charge < -0.3 is 5.32 Å². The zero-order valence-electron chi connectivity index (χ0n) is 14.7. The van der Waals surface area contributed by atoms with E-state index in [1.165, 1.54) is 11.3 Å². The number of anilines is 1. The number of rotatable bonds is 6. The summed E-state index contributed by atoms with van der Waals surface area (Å²) in [6.07, 6.45) is 3.73. The number of nitrogens with one attached hydrogen (secondary N) is 1. The van der Waals surface area contributed by atoms with Crippen LogP contribution in [0.15, 0.2) is 48.1 Å². The fourth-order valence-electron chi connectivity index (χ4n) is 2.45. The number of thiazole rings is 1. The van der Waals surface area contributed by atoms with E-state index in [1.807, 2.05) is 49.6 Å². The number of aromatic nitrogens is 2. The number of amides is 1. The zero-order valence-corrected chi connectivity index (χ0v) is 15.5. The summed E-state index contributed by atoms with van der Waals surface area (Å²) >= 11 is 1.35. The van der Waals surface area contributed by atoms with Crippen molar-refractivity contribution in [2.75, 3.05) is 5.32 Å². The Balaban J connectivity index is 1.55. The SMILES string of the molecule is Cc1ccc(C(=O)CCC(=O)Nc2nc(-c3cccnc3)cs2)cc1C. The number of aryl methyl sites for hydroxylation is 2. The maximum Gasteiger partial charge on any atom is 0.226 e. The Kier molecular flexibility index (Phi) is 5.53. The lowest BCUT2D eigenvalue weighted by Crippen LogP contribution is -2.13. The van der Waals surface area contributed by atoms with Crippen LogP contribution in [0.3, 0.4) is 0 Å². The van der Waals surface area contributed by atoms with Gasteiger partial charge >= 0.3 is 0 Å². The standard InChI is InChI=1S/C20H19N3O2S/c1-13-5-6-15(10-14(13)2)18(24)7-8-19(25)23-20-22-17(12-26-20)16-4-3-9-21-11-16/h3-6,9-12H,7-8H2,1-2H3,(H,22,23,25). The molecule has 1 amide bonds. The number of carbonyl (C=O) groups is 2. The number of benzene rings is 1.